The lowest BCUT2D eigenvalue weighted by atomic mass is 9.93. The molecule has 38 heteroatoms. The zero-order valence-corrected chi connectivity index (χ0v) is 60.1. The van der Waals surface area contributed by atoms with E-state index in [-0.39, 0.29) is 11.3 Å². The van der Waals surface area contributed by atoms with Crippen LogP contribution in [0.1, 0.15) is 121 Å². The van der Waals surface area contributed by atoms with Gasteiger partial charge in [0.1, 0.15) is 67.9 Å². The van der Waals surface area contributed by atoms with Gasteiger partial charge in [-0.05, 0) is 31.7 Å². The number of esters is 13. The zero-order valence-electron chi connectivity index (χ0n) is 59.3. The van der Waals surface area contributed by atoms with Gasteiger partial charge < -0.3 is 110 Å². The van der Waals surface area contributed by atoms with Crippen LogP contribution in [0.25, 0.3) is 0 Å². The van der Waals surface area contributed by atoms with Crippen LogP contribution in [0.4, 0.5) is 0 Å². The van der Waals surface area contributed by atoms with Crippen molar-refractivity contribution in [3.8, 4) is 0 Å². The highest BCUT2D eigenvalue weighted by Crippen LogP contribution is 2.42. The van der Waals surface area contributed by atoms with Crippen LogP contribution >= 0.6 is 11.8 Å². The SMILES string of the molecule is CCS[C@@H]1O[C@H](COC(C)=O)[C@H](OC(C)=O)[C@H](O[C@@H]2O[C@H](COC(C)=O)[C@@H](O[C@@H]3O[C@H](COC(C)=O)[C@H](OC(C)=O)[C@H](OC(C)=O)[C@H]3O[C@@H]3O[C@@H](C)[C@@H](OC(C)=O)[C@@H](OC(C)=O)[C@@H]3OC(C)=O)[C@H](O[C@@H]3O[C@@H](C)[C@@H](OC(C)=O)[C@@H](OC(C)=O)[C@@H]3OC(C)=O)[C@H]2NC(C)=O)[C@H]1OC(=O)c1ccccc1. The van der Waals surface area contributed by atoms with E-state index in [0.29, 0.717) is 0 Å². The molecule has 574 valence electrons. The molecule has 6 rings (SSSR count). The molecule has 5 heterocycles. The molecule has 0 aliphatic carbocycles. The summed E-state index contributed by atoms with van der Waals surface area (Å²) in [5, 5.41) is 2.69. The Morgan fingerprint density at radius 2 is 0.670 bits per heavy atom. The molecule has 0 spiro atoms. The maximum atomic E-state index is 14.4. The van der Waals surface area contributed by atoms with E-state index in [4.69, 9.17) is 104 Å². The van der Waals surface area contributed by atoms with Gasteiger partial charge in [0.2, 0.25) is 5.91 Å². The molecule has 0 saturated carbocycles. The van der Waals surface area contributed by atoms with Crippen LogP contribution in [-0.4, -0.2) is 262 Å². The third kappa shape index (κ3) is 23.9. The van der Waals surface area contributed by atoms with Gasteiger partial charge in [-0.1, -0.05) is 25.1 Å². The summed E-state index contributed by atoms with van der Waals surface area (Å²) < 4.78 is 135. The van der Waals surface area contributed by atoms with E-state index in [9.17, 15) is 67.1 Å². The number of thioether (sulfide) groups is 1. The highest BCUT2D eigenvalue weighted by atomic mass is 32.2. The molecule has 1 N–H and O–H groups in total. The minimum Gasteiger partial charge on any atom is -0.463 e. The fourth-order valence-electron chi connectivity index (χ4n) is 11.9. The Morgan fingerprint density at radius 3 is 1.08 bits per heavy atom. The van der Waals surface area contributed by atoms with Crippen molar-refractivity contribution in [2.75, 3.05) is 25.6 Å². The number of ether oxygens (including phenoxy) is 22. The summed E-state index contributed by atoms with van der Waals surface area (Å²) in [4.78, 5) is 185. The Kier molecular flexibility index (Phi) is 31.3. The van der Waals surface area contributed by atoms with Crippen LogP contribution in [-0.2, 0) is 167 Å². The van der Waals surface area contributed by atoms with Crippen molar-refractivity contribution in [3.63, 3.8) is 0 Å². The number of rotatable bonds is 28. The van der Waals surface area contributed by atoms with Gasteiger partial charge in [0.15, 0.2) is 92.3 Å². The lowest BCUT2D eigenvalue weighted by Gasteiger charge is -2.53. The minimum absolute atomic E-state index is 0.00107. The van der Waals surface area contributed by atoms with Crippen LogP contribution in [0.2, 0.25) is 0 Å². The first-order valence-corrected chi connectivity index (χ1v) is 33.5. The normalized spacial score (nSPS) is 33.3. The van der Waals surface area contributed by atoms with Crippen molar-refractivity contribution >= 4 is 95.3 Å². The second kappa shape index (κ2) is 38.5. The largest absolute Gasteiger partial charge is 0.463 e. The first-order valence-electron chi connectivity index (χ1n) is 32.5. The van der Waals surface area contributed by atoms with Crippen LogP contribution in [0.5, 0.6) is 0 Å². The number of carbonyl (C=O) groups is 14. The fraction of sp³-hybridized carbons (Fsp3) is 0.692. The average Bonchev–Trinajstić information content (AvgIpc) is 0.826. The molecule has 37 nitrogen and oxygen atoms in total. The van der Waals surface area contributed by atoms with Crippen molar-refractivity contribution in [2.24, 2.45) is 0 Å². The Bertz CT molecular complexity index is 3190. The van der Waals surface area contributed by atoms with E-state index in [0.717, 1.165) is 102 Å². The number of nitrogens with one attached hydrogen (secondary N) is 1. The van der Waals surface area contributed by atoms with Crippen molar-refractivity contribution in [3.05, 3.63) is 35.9 Å². The van der Waals surface area contributed by atoms with Gasteiger partial charge >= 0.3 is 77.6 Å². The minimum atomic E-state index is -2.33. The highest BCUT2D eigenvalue weighted by Gasteiger charge is 2.62. The summed E-state index contributed by atoms with van der Waals surface area (Å²) in [6.45, 7) is 14.7. The van der Waals surface area contributed by atoms with E-state index in [1.165, 1.54) is 38.1 Å². The van der Waals surface area contributed by atoms with Crippen molar-refractivity contribution in [1.29, 1.82) is 0 Å². The summed E-state index contributed by atoms with van der Waals surface area (Å²) in [7, 11) is 0. The van der Waals surface area contributed by atoms with Gasteiger partial charge in [0.25, 0.3) is 0 Å². The number of hydrogen-bond acceptors (Lipinski definition) is 37. The monoisotopic (exact) mass is 1490 g/mol. The number of amides is 1. The van der Waals surface area contributed by atoms with Crippen molar-refractivity contribution in [1.82, 2.24) is 5.32 Å². The summed E-state index contributed by atoms with van der Waals surface area (Å²) in [5.74, 6) is -13.7. The maximum Gasteiger partial charge on any atom is 0.338 e. The lowest BCUT2D eigenvalue weighted by Crippen LogP contribution is -2.72. The molecular weight excluding hydrogens is 1400 g/mol. The van der Waals surface area contributed by atoms with Crippen molar-refractivity contribution < 1.29 is 171 Å². The summed E-state index contributed by atoms with van der Waals surface area (Å²) >= 11 is 1.05. The van der Waals surface area contributed by atoms with Crippen LogP contribution < -0.4 is 5.32 Å². The molecule has 5 aliphatic heterocycles. The molecule has 5 aliphatic rings. The Balaban J connectivity index is 1.71. The molecule has 103 heavy (non-hydrogen) atoms. The third-order valence-corrected chi connectivity index (χ3v) is 16.5. The van der Waals surface area contributed by atoms with Gasteiger partial charge in [0, 0.05) is 90.0 Å². The van der Waals surface area contributed by atoms with Gasteiger partial charge in [-0.15, -0.1) is 11.8 Å². The summed E-state index contributed by atoms with van der Waals surface area (Å²) in [6, 6.07) is 5.51. The molecule has 1 aromatic rings. The molecule has 1 aromatic carbocycles. The summed E-state index contributed by atoms with van der Waals surface area (Å²) in [5.41, 5.74) is -1.31. The van der Waals surface area contributed by atoms with Crippen LogP contribution in [0.3, 0.4) is 0 Å². The molecule has 1 amide bonds. The molecule has 25 atom stereocenters. The van der Waals surface area contributed by atoms with Crippen LogP contribution in [0.15, 0.2) is 30.3 Å². The smallest absolute Gasteiger partial charge is 0.338 e. The van der Waals surface area contributed by atoms with E-state index in [1.807, 2.05) is 0 Å². The van der Waals surface area contributed by atoms with Gasteiger partial charge in [-0.2, -0.15) is 0 Å². The molecule has 5 fully saturated rings. The topological polar surface area (TPSA) is 454 Å². The number of benzene rings is 1. The Morgan fingerprint density at radius 1 is 0.340 bits per heavy atom. The molecule has 0 bridgehead atoms. The second-order valence-corrected chi connectivity index (χ2v) is 25.3. The molecule has 0 radical (unpaired) electrons. The number of carbonyl (C=O) groups excluding carboxylic acids is 14. The first kappa shape index (κ1) is 83.7. The second-order valence-electron chi connectivity index (χ2n) is 23.9. The van der Waals surface area contributed by atoms with E-state index in [2.05, 4.69) is 5.32 Å². The molecule has 5 saturated heterocycles. The van der Waals surface area contributed by atoms with E-state index in [1.54, 1.807) is 13.0 Å². The predicted molar refractivity (Wildman–Crippen MR) is 335 cm³/mol. The Labute approximate surface area is 594 Å². The van der Waals surface area contributed by atoms with Gasteiger partial charge in [-0.25, -0.2) is 4.79 Å². The zero-order chi connectivity index (χ0) is 76.4. The summed E-state index contributed by atoms with van der Waals surface area (Å²) in [6.07, 6.45) is -43.4. The van der Waals surface area contributed by atoms with Crippen molar-refractivity contribution in [2.45, 2.75) is 263 Å². The third-order valence-electron chi connectivity index (χ3n) is 15.5. The molecule has 0 unspecified atom stereocenters. The quantitative estimate of drug-likeness (QED) is 0.0893. The van der Waals surface area contributed by atoms with E-state index < -0.39 is 256 Å². The Hall–Kier alpha value is -8.21. The highest BCUT2D eigenvalue weighted by molar-refractivity contribution is 7.99. The number of hydrogen-bond donors (Lipinski definition) is 1. The van der Waals surface area contributed by atoms with Gasteiger partial charge in [0.05, 0.1) is 17.8 Å². The first-order chi connectivity index (χ1) is 48.5. The van der Waals surface area contributed by atoms with E-state index >= 15 is 0 Å². The molecule has 0 aromatic heterocycles. The lowest BCUT2D eigenvalue weighted by molar-refractivity contribution is -0.396. The standard InChI is InChI=1S/C65H87NO36S/c1-17-103-65-59(98-60(80)41-21-19-18-20-22-41)55(50(89-35(11)74)44(97-65)25-83-31(7)70)101-61-45(66-28(4)67)51(100-62-56(93-39(15)78)52(90-36(12)75)46(26(2)84-62)86-32(8)71)48(42(95-61)23-81-29(5)68)99-64-58(54(92-38(14)77)49(88-34(10)73)43(96-64)24-82-30(6)69)102-63-57(94-40(16)79)53(91-37(13)76)47(27(3)85-63)87-33(9)72/h18-22,26-27,42-59,61-65H,17,23-25H2,1-16H3,(H,66,67)/t26-,27-,42+,43+,44+,45+,46+,47+,48+,49-,50-,51+,52+,53+,54-,55-,56-,57-,58+,59+,61-,62-,63-,64-,65-/m0/s1. The van der Waals surface area contributed by atoms with Crippen LogP contribution in [0, 0.1) is 0 Å². The fourth-order valence-corrected chi connectivity index (χ4v) is 12.8. The average molecular weight is 1490 g/mol. The van der Waals surface area contributed by atoms with Gasteiger partial charge in [-0.3, -0.25) is 62.3 Å². The predicted octanol–water partition coefficient (Wildman–Crippen LogP) is 0.750. The maximum absolute atomic E-state index is 14.4. The molecular formula is C65H87NO36S.